The molecule has 2 nitrogen and oxygen atoms in total. The smallest absolute Gasteiger partial charge is 0.224 e. The van der Waals surface area contributed by atoms with Crippen LogP contribution < -0.4 is 5.32 Å². The molecule has 2 heteroatoms. The number of nitrogens with one attached hydrogen (secondary N) is 1. The Morgan fingerprint density at radius 2 is 2.00 bits per heavy atom. The summed E-state index contributed by atoms with van der Waals surface area (Å²) in [7, 11) is 0. The highest BCUT2D eigenvalue weighted by Crippen LogP contribution is 2.07. The number of amides is 1. The summed E-state index contributed by atoms with van der Waals surface area (Å²) in [6.07, 6.45) is 0.478. The molecule has 0 aliphatic heterocycles. The first-order valence-electron chi connectivity index (χ1n) is 4.28. The van der Waals surface area contributed by atoms with E-state index >= 15 is 0 Å². The zero-order chi connectivity index (χ0) is 9.68. The van der Waals surface area contributed by atoms with E-state index in [4.69, 9.17) is 0 Å². The molecule has 0 bridgehead atoms. The maximum atomic E-state index is 11.0. The number of carbonyl (C=O) groups is 1. The van der Waals surface area contributed by atoms with Gasteiger partial charge in [-0.1, -0.05) is 43.8 Å². The van der Waals surface area contributed by atoms with E-state index in [0.717, 1.165) is 5.56 Å². The fraction of sp³-hybridized carbons (Fsp3) is 0.182. The van der Waals surface area contributed by atoms with Crippen molar-refractivity contribution in [2.24, 2.45) is 0 Å². The monoisotopic (exact) mass is 175 g/mol. The maximum Gasteiger partial charge on any atom is 0.224 e. The second-order valence-electron chi connectivity index (χ2n) is 2.75. The second kappa shape index (κ2) is 4.45. The van der Waals surface area contributed by atoms with Gasteiger partial charge in [-0.3, -0.25) is 4.79 Å². The normalized spacial score (nSPS) is 9.31. The van der Waals surface area contributed by atoms with Crippen molar-refractivity contribution >= 4 is 11.6 Å². The van der Waals surface area contributed by atoms with Gasteiger partial charge in [0.15, 0.2) is 0 Å². The first-order chi connectivity index (χ1) is 6.24. The van der Waals surface area contributed by atoms with E-state index in [1.165, 1.54) is 0 Å². The third-order valence-electron chi connectivity index (χ3n) is 1.73. The summed E-state index contributed by atoms with van der Waals surface area (Å²) in [4.78, 5) is 11.0. The van der Waals surface area contributed by atoms with Crippen LogP contribution in [-0.2, 0) is 4.79 Å². The molecule has 0 aliphatic carbocycles. The van der Waals surface area contributed by atoms with Crippen LogP contribution in [0.25, 0.3) is 5.70 Å². The number of carbonyl (C=O) groups excluding carboxylic acids is 1. The molecule has 0 spiro atoms. The van der Waals surface area contributed by atoms with Gasteiger partial charge in [0.1, 0.15) is 0 Å². The van der Waals surface area contributed by atoms with Crippen molar-refractivity contribution in [1.29, 1.82) is 0 Å². The van der Waals surface area contributed by atoms with Gasteiger partial charge in [-0.15, -0.1) is 0 Å². The predicted octanol–water partition coefficient (Wildman–Crippen LogP) is 2.18. The Hall–Kier alpha value is -1.57. The van der Waals surface area contributed by atoms with Gasteiger partial charge < -0.3 is 5.32 Å². The molecule has 0 radical (unpaired) electrons. The van der Waals surface area contributed by atoms with Crippen LogP contribution in [0.5, 0.6) is 0 Å². The van der Waals surface area contributed by atoms with Crippen LogP contribution in [0, 0.1) is 0 Å². The first-order valence-corrected chi connectivity index (χ1v) is 4.28. The molecule has 68 valence electrons. The van der Waals surface area contributed by atoms with Crippen LogP contribution >= 0.6 is 0 Å². The minimum atomic E-state index is -0.00569. The highest BCUT2D eigenvalue weighted by molar-refractivity contribution is 5.85. The summed E-state index contributed by atoms with van der Waals surface area (Å²) < 4.78 is 0. The summed E-state index contributed by atoms with van der Waals surface area (Å²) in [6, 6.07) is 9.59. The molecule has 1 rings (SSSR count). The van der Waals surface area contributed by atoms with E-state index in [1.807, 2.05) is 37.3 Å². The van der Waals surface area contributed by atoms with Crippen LogP contribution in [0.15, 0.2) is 36.9 Å². The molecular formula is C11H13NO. The van der Waals surface area contributed by atoms with Crippen LogP contribution in [-0.4, -0.2) is 5.91 Å². The summed E-state index contributed by atoms with van der Waals surface area (Å²) in [5, 5.41) is 2.71. The minimum Gasteiger partial charge on any atom is -0.326 e. The Labute approximate surface area is 78.3 Å². The van der Waals surface area contributed by atoms with Gasteiger partial charge in [-0.25, -0.2) is 0 Å². The summed E-state index contributed by atoms with van der Waals surface area (Å²) in [6.45, 7) is 5.59. The van der Waals surface area contributed by atoms with Crippen molar-refractivity contribution in [2.75, 3.05) is 0 Å². The molecule has 13 heavy (non-hydrogen) atoms. The molecule has 0 aliphatic rings. The lowest BCUT2D eigenvalue weighted by atomic mass is 10.2. The van der Waals surface area contributed by atoms with Crippen LogP contribution in [0.4, 0.5) is 0 Å². The number of hydrogen-bond donors (Lipinski definition) is 1. The predicted molar refractivity (Wildman–Crippen MR) is 53.9 cm³/mol. The maximum absolute atomic E-state index is 11.0. The third kappa shape index (κ3) is 2.75. The van der Waals surface area contributed by atoms with Crippen molar-refractivity contribution in [1.82, 2.24) is 5.32 Å². The quantitative estimate of drug-likeness (QED) is 0.749. The van der Waals surface area contributed by atoms with Gasteiger partial charge in [0.2, 0.25) is 5.91 Å². The van der Waals surface area contributed by atoms with Crippen LogP contribution in [0.1, 0.15) is 18.9 Å². The fourth-order valence-corrected chi connectivity index (χ4v) is 0.968. The highest BCUT2D eigenvalue weighted by Gasteiger charge is 2.00. The molecule has 0 atom stereocenters. The third-order valence-corrected chi connectivity index (χ3v) is 1.73. The Morgan fingerprint density at radius 1 is 1.38 bits per heavy atom. The highest BCUT2D eigenvalue weighted by atomic mass is 16.1. The summed E-state index contributed by atoms with van der Waals surface area (Å²) >= 11 is 0. The standard InChI is InChI=1S/C11H13NO/c1-3-11(13)12-9(2)10-7-5-4-6-8-10/h4-8H,2-3H2,1H3,(H,12,13). The Bertz CT molecular complexity index is 303. The van der Waals surface area contributed by atoms with Crippen molar-refractivity contribution in [3.63, 3.8) is 0 Å². The lowest BCUT2D eigenvalue weighted by Gasteiger charge is -2.06. The lowest BCUT2D eigenvalue weighted by molar-refractivity contribution is -0.119. The van der Waals surface area contributed by atoms with E-state index < -0.39 is 0 Å². The fourth-order valence-electron chi connectivity index (χ4n) is 0.968. The van der Waals surface area contributed by atoms with E-state index in [1.54, 1.807) is 0 Å². The SMILES string of the molecule is C=C(NC(=O)CC)c1ccccc1. The largest absolute Gasteiger partial charge is 0.326 e. The average molecular weight is 175 g/mol. The van der Waals surface area contributed by atoms with Gasteiger partial charge in [-0.2, -0.15) is 0 Å². The molecular weight excluding hydrogens is 162 g/mol. The Balaban J connectivity index is 2.65. The molecule has 0 saturated heterocycles. The van der Waals surface area contributed by atoms with E-state index in [2.05, 4.69) is 11.9 Å². The van der Waals surface area contributed by atoms with Gasteiger partial charge in [0.25, 0.3) is 0 Å². The zero-order valence-corrected chi connectivity index (χ0v) is 7.71. The Morgan fingerprint density at radius 3 is 2.54 bits per heavy atom. The molecule has 1 N–H and O–H groups in total. The molecule has 0 heterocycles. The van der Waals surface area contributed by atoms with E-state index in [-0.39, 0.29) is 5.91 Å². The molecule has 1 aromatic carbocycles. The van der Waals surface area contributed by atoms with Gasteiger partial charge >= 0.3 is 0 Å². The van der Waals surface area contributed by atoms with Crippen LogP contribution in [0.3, 0.4) is 0 Å². The van der Waals surface area contributed by atoms with Crippen molar-refractivity contribution in [3.05, 3.63) is 42.5 Å². The van der Waals surface area contributed by atoms with Crippen LogP contribution in [0.2, 0.25) is 0 Å². The molecule has 1 aromatic rings. The summed E-state index contributed by atoms with van der Waals surface area (Å²) in [5.41, 5.74) is 1.61. The Kier molecular flexibility index (Phi) is 3.26. The van der Waals surface area contributed by atoms with Gasteiger partial charge in [0.05, 0.1) is 0 Å². The number of rotatable bonds is 3. The topological polar surface area (TPSA) is 29.1 Å². The van der Waals surface area contributed by atoms with Gasteiger partial charge in [-0.05, 0) is 5.56 Å². The van der Waals surface area contributed by atoms with E-state index in [0.29, 0.717) is 12.1 Å². The number of benzene rings is 1. The summed E-state index contributed by atoms with van der Waals surface area (Å²) in [5.74, 6) is -0.00569. The second-order valence-corrected chi connectivity index (χ2v) is 2.75. The van der Waals surface area contributed by atoms with Crippen molar-refractivity contribution in [3.8, 4) is 0 Å². The molecule has 0 unspecified atom stereocenters. The van der Waals surface area contributed by atoms with Crippen molar-refractivity contribution < 1.29 is 4.79 Å². The molecule has 0 aromatic heterocycles. The van der Waals surface area contributed by atoms with Crippen molar-refractivity contribution in [2.45, 2.75) is 13.3 Å². The molecule has 0 saturated carbocycles. The molecule has 1 amide bonds. The first kappa shape index (κ1) is 9.52. The van der Waals surface area contributed by atoms with Gasteiger partial charge in [0, 0.05) is 12.1 Å². The zero-order valence-electron chi connectivity index (χ0n) is 7.71. The molecule has 0 fully saturated rings. The minimum absolute atomic E-state index is 0.00569. The lowest BCUT2D eigenvalue weighted by Crippen LogP contribution is -2.19. The number of hydrogen-bond acceptors (Lipinski definition) is 1. The average Bonchev–Trinajstić information content (AvgIpc) is 2.19. The van der Waals surface area contributed by atoms with E-state index in [9.17, 15) is 4.79 Å².